The van der Waals surface area contributed by atoms with Crippen molar-refractivity contribution in [2.24, 2.45) is 0 Å². The third kappa shape index (κ3) is 3.21. The van der Waals surface area contributed by atoms with Gasteiger partial charge in [0.15, 0.2) is 0 Å². The number of ether oxygens (including phenoxy) is 1. The summed E-state index contributed by atoms with van der Waals surface area (Å²) in [5.41, 5.74) is 0.244. The van der Waals surface area contributed by atoms with E-state index in [1.165, 1.54) is 18.2 Å². The maximum atomic E-state index is 10.6. The van der Waals surface area contributed by atoms with Crippen LogP contribution in [0.4, 0.5) is 5.69 Å². The summed E-state index contributed by atoms with van der Waals surface area (Å²) in [6.07, 6.45) is -0.0708. The van der Waals surface area contributed by atoms with Crippen molar-refractivity contribution in [3.05, 3.63) is 40.5 Å². The van der Waals surface area contributed by atoms with Gasteiger partial charge in [0.05, 0.1) is 17.1 Å². The highest BCUT2D eigenvalue weighted by atomic mass is 16.6. The molecule has 0 saturated heterocycles. The van der Waals surface area contributed by atoms with Gasteiger partial charge in [-0.05, 0) is 25.5 Å². The summed E-state index contributed by atoms with van der Waals surface area (Å²) in [4.78, 5) is 10.0. The maximum Gasteiger partial charge on any atom is 0.273 e. The van der Waals surface area contributed by atoms with Crippen LogP contribution in [0.1, 0.15) is 19.4 Å². The molecule has 15 heavy (non-hydrogen) atoms. The molecule has 5 nitrogen and oxygen atoms in total. The first kappa shape index (κ1) is 11.5. The van der Waals surface area contributed by atoms with Crippen molar-refractivity contribution in [3.63, 3.8) is 0 Å². The van der Waals surface area contributed by atoms with Gasteiger partial charge in [0.1, 0.15) is 12.4 Å². The average Bonchev–Trinajstić information content (AvgIpc) is 2.16. The highest BCUT2D eigenvalue weighted by Crippen LogP contribution is 2.24. The van der Waals surface area contributed by atoms with Crippen LogP contribution in [0.5, 0.6) is 5.75 Å². The van der Waals surface area contributed by atoms with E-state index in [9.17, 15) is 10.1 Å². The van der Waals surface area contributed by atoms with Gasteiger partial charge in [-0.3, -0.25) is 10.1 Å². The number of rotatable bonds is 4. The van der Waals surface area contributed by atoms with Crippen LogP contribution < -0.4 is 4.74 Å². The molecule has 81 valence electrons. The Morgan fingerprint density at radius 3 is 2.60 bits per heavy atom. The fraction of sp³-hybridized carbons (Fsp3) is 0.300. The number of nitrogens with zero attached hydrogens (tertiary/aromatic N) is 1. The molecule has 0 aliphatic carbocycles. The Labute approximate surface area is 87.5 Å². The largest absolute Gasteiger partial charge is 0.491 e. The third-order valence-corrected chi connectivity index (χ3v) is 1.65. The molecular weight excluding hydrogens is 198 g/mol. The molecule has 5 heteroatoms. The molecule has 0 amide bonds. The lowest BCUT2D eigenvalue weighted by molar-refractivity contribution is -0.385. The Balaban J connectivity index is 3.05. The van der Waals surface area contributed by atoms with Crippen LogP contribution in [-0.2, 0) is 0 Å². The molecule has 0 aliphatic rings. The topological polar surface area (TPSA) is 72.6 Å². The third-order valence-electron chi connectivity index (χ3n) is 1.65. The van der Waals surface area contributed by atoms with Crippen molar-refractivity contribution in [2.45, 2.75) is 20.0 Å². The number of hydrogen-bond donors (Lipinski definition) is 1. The normalized spacial score (nSPS) is 10.4. The van der Waals surface area contributed by atoms with Gasteiger partial charge in [0.2, 0.25) is 0 Å². The molecule has 0 atom stereocenters. The summed E-state index contributed by atoms with van der Waals surface area (Å²) in [6, 6.07) is 4.13. The smallest absolute Gasteiger partial charge is 0.273 e. The fourth-order valence-electron chi connectivity index (χ4n) is 1.13. The second kappa shape index (κ2) is 4.75. The standard InChI is InChI=1S/C10H12NO4/c1-7(2)15-10-4-8(6-12)3-9(5-10)11(13)14/h3-7,12H,1-2H3. The highest BCUT2D eigenvalue weighted by molar-refractivity contribution is 5.44. The van der Waals surface area contributed by atoms with E-state index in [4.69, 9.17) is 9.84 Å². The van der Waals surface area contributed by atoms with Crippen molar-refractivity contribution in [1.29, 1.82) is 0 Å². The molecule has 0 fully saturated rings. The first-order valence-corrected chi connectivity index (χ1v) is 4.46. The second-order valence-corrected chi connectivity index (χ2v) is 3.31. The molecule has 0 heterocycles. The predicted octanol–water partition coefficient (Wildman–Crippen LogP) is 2.26. The van der Waals surface area contributed by atoms with Crippen LogP contribution in [0, 0.1) is 16.7 Å². The Morgan fingerprint density at radius 1 is 1.47 bits per heavy atom. The summed E-state index contributed by atoms with van der Waals surface area (Å²) < 4.78 is 5.31. The number of nitro benzene ring substituents is 1. The van der Waals surface area contributed by atoms with E-state index in [2.05, 4.69) is 0 Å². The van der Waals surface area contributed by atoms with Gasteiger partial charge in [-0.1, -0.05) is 0 Å². The predicted molar refractivity (Wildman–Crippen MR) is 54.2 cm³/mol. The van der Waals surface area contributed by atoms with Gasteiger partial charge >= 0.3 is 0 Å². The molecule has 0 aliphatic heterocycles. The molecule has 1 aromatic rings. The fourth-order valence-corrected chi connectivity index (χ4v) is 1.13. The highest BCUT2D eigenvalue weighted by Gasteiger charge is 2.11. The molecule has 1 aromatic carbocycles. The van der Waals surface area contributed by atoms with Crippen LogP contribution in [0.25, 0.3) is 0 Å². The van der Waals surface area contributed by atoms with Crippen LogP contribution in [0.2, 0.25) is 0 Å². The van der Waals surface area contributed by atoms with Crippen LogP contribution in [0.15, 0.2) is 18.2 Å². The summed E-state index contributed by atoms with van der Waals surface area (Å²) in [5.74, 6) is 0.375. The molecule has 0 bridgehead atoms. The van der Waals surface area contributed by atoms with E-state index in [0.29, 0.717) is 11.3 Å². The zero-order valence-corrected chi connectivity index (χ0v) is 8.51. The quantitative estimate of drug-likeness (QED) is 0.611. The molecule has 0 saturated carbocycles. The average molecular weight is 210 g/mol. The minimum atomic E-state index is -0.528. The van der Waals surface area contributed by atoms with Crippen molar-refractivity contribution in [2.75, 3.05) is 0 Å². The number of nitro groups is 1. The Bertz CT molecular complexity index is 362. The Morgan fingerprint density at radius 2 is 2.13 bits per heavy atom. The van der Waals surface area contributed by atoms with Crippen molar-refractivity contribution in [1.82, 2.24) is 0 Å². The zero-order valence-electron chi connectivity index (χ0n) is 8.51. The number of hydrogen-bond acceptors (Lipinski definition) is 4. The summed E-state index contributed by atoms with van der Waals surface area (Å²) >= 11 is 0. The number of non-ortho nitro benzene ring substituents is 1. The van der Waals surface area contributed by atoms with Gasteiger partial charge in [-0.2, -0.15) is 0 Å². The van der Waals surface area contributed by atoms with E-state index in [1.54, 1.807) is 0 Å². The monoisotopic (exact) mass is 210 g/mol. The lowest BCUT2D eigenvalue weighted by Crippen LogP contribution is -2.06. The van der Waals surface area contributed by atoms with E-state index < -0.39 is 4.92 Å². The molecule has 0 unspecified atom stereocenters. The zero-order chi connectivity index (χ0) is 11.4. The summed E-state index contributed by atoms with van der Waals surface area (Å²) in [7, 11) is 0. The molecule has 1 radical (unpaired) electrons. The van der Waals surface area contributed by atoms with Crippen LogP contribution >= 0.6 is 0 Å². The van der Waals surface area contributed by atoms with Gasteiger partial charge in [0, 0.05) is 6.07 Å². The minimum absolute atomic E-state index is 0.0708. The maximum absolute atomic E-state index is 10.6. The number of aliphatic hydroxyl groups is 1. The first-order chi connectivity index (χ1) is 7.02. The van der Waals surface area contributed by atoms with Gasteiger partial charge < -0.3 is 9.84 Å². The molecule has 0 spiro atoms. The Hall–Kier alpha value is -1.62. The molecule has 1 N–H and O–H groups in total. The van der Waals surface area contributed by atoms with E-state index >= 15 is 0 Å². The molecule has 1 rings (SSSR count). The number of benzene rings is 1. The van der Waals surface area contributed by atoms with Crippen LogP contribution in [-0.4, -0.2) is 16.1 Å². The summed E-state index contributed by atoms with van der Waals surface area (Å²) in [5, 5.41) is 19.4. The molecular formula is C10H12NO4. The summed E-state index contributed by atoms with van der Waals surface area (Å²) in [6.45, 7) is 4.45. The SMILES string of the molecule is CC(C)Oc1cc([CH]O)cc([N+](=O)[O-])c1. The second-order valence-electron chi connectivity index (χ2n) is 3.31. The number of aliphatic hydroxyl groups excluding tert-OH is 1. The van der Waals surface area contributed by atoms with Crippen molar-refractivity contribution in [3.8, 4) is 5.75 Å². The van der Waals surface area contributed by atoms with Crippen LogP contribution in [0.3, 0.4) is 0 Å². The van der Waals surface area contributed by atoms with Crippen molar-refractivity contribution >= 4 is 5.69 Å². The molecule has 0 aromatic heterocycles. The van der Waals surface area contributed by atoms with E-state index in [0.717, 1.165) is 6.61 Å². The Kier molecular flexibility index (Phi) is 3.62. The van der Waals surface area contributed by atoms with E-state index in [-0.39, 0.29) is 11.8 Å². The lowest BCUT2D eigenvalue weighted by atomic mass is 10.2. The first-order valence-electron chi connectivity index (χ1n) is 4.46. The van der Waals surface area contributed by atoms with Gasteiger partial charge in [0.25, 0.3) is 5.69 Å². The lowest BCUT2D eigenvalue weighted by Gasteiger charge is -2.10. The minimum Gasteiger partial charge on any atom is -0.491 e. The van der Waals surface area contributed by atoms with E-state index in [1.807, 2.05) is 13.8 Å². The van der Waals surface area contributed by atoms with Crippen molar-refractivity contribution < 1.29 is 14.8 Å². The van der Waals surface area contributed by atoms with Gasteiger partial charge in [-0.15, -0.1) is 0 Å². The van der Waals surface area contributed by atoms with Gasteiger partial charge in [-0.25, -0.2) is 0 Å².